The second kappa shape index (κ2) is 4.23. The Morgan fingerprint density at radius 1 is 1.29 bits per heavy atom. The lowest BCUT2D eigenvalue weighted by Gasteiger charge is -2.20. The molecule has 1 N–H and O–H groups in total. The van der Waals surface area contributed by atoms with Crippen molar-refractivity contribution >= 4 is 11.9 Å². The number of carboxylic acid groups (broad SMARTS) is 1. The first-order valence-corrected chi connectivity index (χ1v) is 5.77. The Bertz CT molecular complexity index is 346. The summed E-state index contributed by atoms with van der Waals surface area (Å²) in [5.41, 5.74) is 0. The maximum absolute atomic E-state index is 13.4. The molecule has 2 rings (SSSR count). The Morgan fingerprint density at radius 3 is 2.59 bits per heavy atom. The summed E-state index contributed by atoms with van der Waals surface area (Å²) >= 11 is 0. The summed E-state index contributed by atoms with van der Waals surface area (Å²) in [4.78, 5) is 23.3. The zero-order chi connectivity index (χ0) is 12.6. The highest BCUT2D eigenvalue weighted by molar-refractivity contribution is 5.81. The van der Waals surface area contributed by atoms with Gasteiger partial charge in [0, 0.05) is 31.8 Å². The number of carbonyl (C=O) groups excluding carboxylic acids is 1. The van der Waals surface area contributed by atoms with Crippen LogP contribution in [-0.4, -0.2) is 40.9 Å². The first kappa shape index (κ1) is 12.3. The van der Waals surface area contributed by atoms with Crippen LogP contribution in [0.3, 0.4) is 0 Å². The predicted molar refractivity (Wildman–Crippen MR) is 54.6 cm³/mol. The van der Waals surface area contributed by atoms with Crippen LogP contribution in [0.15, 0.2) is 0 Å². The summed E-state index contributed by atoms with van der Waals surface area (Å²) in [5, 5.41) is 8.46. The molecule has 0 unspecified atom stereocenters. The fourth-order valence-corrected chi connectivity index (χ4v) is 2.78. The second-order valence-electron chi connectivity index (χ2n) is 4.86. The molecule has 0 bridgehead atoms. The first-order chi connectivity index (χ1) is 7.90. The van der Waals surface area contributed by atoms with Crippen LogP contribution in [0.4, 0.5) is 8.78 Å². The van der Waals surface area contributed by atoms with Gasteiger partial charge in [-0.3, -0.25) is 9.59 Å². The fourth-order valence-electron chi connectivity index (χ4n) is 2.78. The van der Waals surface area contributed by atoms with Crippen LogP contribution in [0, 0.1) is 11.8 Å². The lowest BCUT2D eigenvalue weighted by atomic mass is 9.99. The van der Waals surface area contributed by atoms with E-state index in [0.29, 0.717) is 13.0 Å². The summed E-state index contributed by atoms with van der Waals surface area (Å²) in [7, 11) is 0. The molecule has 1 heterocycles. The van der Waals surface area contributed by atoms with Crippen molar-refractivity contribution in [3.05, 3.63) is 0 Å². The molecular formula is C11H15F2NO3. The van der Waals surface area contributed by atoms with Gasteiger partial charge in [0.25, 0.3) is 5.92 Å². The smallest absolute Gasteiger partial charge is 0.303 e. The fraction of sp³-hybridized carbons (Fsp3) is 0.818. The van der Waals surface area contributed by atoms with Gasteiger partial charge in [-0.15, -0.1) is 0 Å². The number of rotatable bonds is 3. The molecule has 6 heteroatoms. The number of carboxylic acids is 1. The van der Waals surface area contributed by atoms with E-state index in [0.717, 1.165) is 0 Å². The molecule has 1 saturated carbocycles. The van der Waals surface area contributed by atoms with E-state index in [1.807, 2.05) is 0 Å². The monoisotopic (exact) mass is 247 g/mol. The van der Waals surface area contributed by atoms with Crippen molar-refractivity contribution in [1.29, 1.82) is 0 Å². The van der Waals surface area contributed by atoms with Crippen molar-refractivity contribution in [2.24, 2.45) is 11.8 Å². The van der Waals surface area contributed by atoms with Crippen LogP contribution in [0.5, 0.6) is 0 Å². The van der Waals surface area contributed by atoms with Crippen molar-refractivity contribution < 1.29 is 23.5 Å². The van der Waals surface area contributed by atoms with Gasteiger partial charge in [-0.05, 0) is 12.3 Å². The Kier molecular flexibility index (Phi) is 3.05. The van der Waals surface area contributed by atoms with Gasteiger partial charge in [-0.1, -0.05) is 0 Å². The molecule has 0 spiro atoms. The van der Waals surface area contributed by atoms with Crippen molar-refractivity contribution in [1.82, 2.24) is 4.90 Å². The third-order valence-electron chi connectivity index (χ3n) is 3.74. The zero-order valence-corrected chi connectivity index (χ0v) is 9.36. The normalized spacial score (nSPS) is 30.4. The molecule has 2 aliphatic rings. The number of hydrogen-bond donors (Lipinski definition) is 1. The molecule has 0 aromatic heterocycles. The lowest BCUT2D eigenvalue weighted by molar-refractivity contribution is -0.140. The quantitative estimate of drug-likeness (QED) is 0.819. The largest absolute Gasteiger partial charge is 0.481 e. The van der Waals surface area contributed by atoms with Crippen LogP contribution in [-0.2, 0) is 9.59 Å². The third-order valence-corrected chi connectivity index (χ3v) is 3.74. The van der Waals surface area contributed by atoms with E-state index in [2.05, 4.69) is 0 Å². The highest BCUT2D eigenvalue weighted by atomic mass is 19.3. The standard InChI is InChI=1S/C11H15F2NO3/c12-11(13)4-3-7-5-14(6-8(7)11)9(15)1-2-10(16)17/h7-8H,1-6H2,(H,16,17)/t7-,8+/m1/s1. The van der Waals surface area contributed by atoms with Gasteiger partial charge in [0.15, 0.2) is 0 Å². The van der Waals surface area contributed by atoms with Gasteiger partial charge in [0.05, 0.1) is 6.42 Å². The van der Waals surface area contributed by atoms with Gasteiger partial charge >= 0.3 is 5.97 Å². The number of carbonyl (C=O) groups is 2. The molecule has 1 aliphatic heterocycles. The Hall–Kier alpha value is -1.20. The van der Waals surface area contributed by atoms with Crippen LogP contribution in [0.25, 0.3) is 0 Å². The van der Waals surface area contributed by atoms with Gasteiger partial charge < -0.3 is 10.0 Å². The highest BCUT2D eigenvalue weighted by Gasteiger charge is 2.54. The molecule has 0 radical (unpaired) electrons. The molecule has 0 aromatic rings. The van der Waals surface area contributed by atoms with E-state index in [-0.39, 0.29) is 37.6 Å². The van der Waals surface area contributed by atoms with Crippen molar-refractivity contribution in [3.63, 3.8) is 0 Å². The summed E-state index contributed by atoms with van der Waals surface area (Å²) in [6.07, 6.45) is 0.0429. The van der Waals surface area contributed by atoms with Gasteiger partial charge in [0.1, 0.15) is 0 Å². The number of nitrogens with zero attached hydrogens (tertiary/aromatic N) is 1. The van der Waals surface area contributed by atoms with Gasteiger partial charge in [-0.2, -0.15) is 0 Å². The van der Waals surface area contributed by atoms with Gasteiger partial charge in [-0.25, -0.2) is 8.78 Å². The van der Waals surface area contributed by atoms with Gasteiger partial charge in [0.2, 0.25) is 5.91 Å². The summed E-state index contributed by atoms with van der Waals surface area (Å²) in [5.74, 6) is -4.86. The third kappa shape index (κ3) is 2.40. The molecule has 2 atom stereocenters. The summed E-state index contributed by atoms with van der Waals surface area (Å²) < 4.78 is 26.8. The minimum absolute atomic E-state index is 0.0795. The Morgan fingerprint density at radius 2 is 2.00 bits per heavy atom. The van der Waals surface area contributed by atoms with Crippen molar-refractivity contribution in [2.45, 2.75) is 31.6 Å². The average molecular weight is 247 g/mol. The molecular weight excluding hydrogens is 232 g/mol. The molecule has 4 nitrogen and oxygen atoms in total. The molecule has 2 fully saturated rings. The maximum Gasteiger partial charge on any atom is 0.303 e. The SMILES string of the molecule is O=C(O)CCC(=O)N1C[C@H]2CCC(F)(F)[C@H]2C1. The molecule has 17 heavy (non-hydrogen) atoms. The Labute approximate surface area is 97.6 Å². The van der Waals surface area contributed by atoms with Crippen LogP contribution >= 0.6 is 0 Å². The number of aliphatic carboxylic acids is 1. The first-order valence-electron chi connectivity index (χ1n) is 5.77. The molecule has 96 valence electrons. The molecule has 1 saturated heterocycles. The van der Waals surface area contributed by atoms with Crippen LogP contribution in [0.1, 0.15) is 25.7 Å². The average Bonchev–Trinajstić information content (AvgIpc) is 2.77. The van der Waals surface area contributed by atoms with Crippen molar-refractivity contribution in [3.8, 4) is 0 Å². The number of alkyl halides is 2. The van der Waals surface area contributed by atoms with Crippen molar-refractivity contribution in [2.75, 3.05) is 13.1 Å². The maximum atomic E-state index is 13.4. The number of hydrogen-bond acceptors (Lipinski definition) is 2. The topological polar surface area (TPSA) is 57.6 Å². The van der Waals surface area contributed by atoms with Crippen LogP contribution < -0.4 is 0 Å². The van der Waals surface area contributed by atoms with Crippen LogP contribution in [0.2, 0.25) is 0 Å². The number of halogens is 2. The van der Waals surface area contributed by atoms with E-state index in [1.165, 1.54) is 4.90 Å². The zero-order valence-electron chi connectivity index (χ0n) is 9.36. The van der Waals surface area contributed by atoms with E-state index >= 15 is 0 Å². The number of amides is 1. The number of likely N-dealkylation sites (tertiary alicyclic amines) is 1. The van der Waals surface area contributed by atoms with E-state index in [4.69, 9.17) is 5.11 Å². The number of fused-ring (bicyclic) bond motifs is 1. The molecule has 1 aliphatic carbocycles. The minimum atomic E-state index is -2.66. The molecule has 0 aromatic carbocycles. The predicted octanol–water partition coefficient (Wildman–Crippen LogP) is 1.35. The second-order valence-corrected chi connectivity index (χ2v) is 4.86. The summed E-state index contributed by atoms with van der Waals surface area (Å²) in [6.45, 7) is 0.439. The Balaban J connectivity index is 1.90. The van der Waals surface area contributed by atoms with E-state index in [1.54, 1.807) is 0 Å². The van der Waals surface area contributed by atoms with E-state index in [9.17, 15) is 18.4 Å². The minimum Gasteiger partial charge on any atom is -0.481 e. The summed E-state index contributed by atoms with van der Waals surface area (Å²) in [6, 6.07) is 0. The van der Waals surface area contributed by atoms with E-state index < -0.39 is 17.8 Å². The molecule has 1 amide bonds. The highest BCUT2D eigenvalue weighted by Crippen LogP contribution is 2.48. The lowest BCUT2D eigenvalue weighted by Crippen LogP contribution is -2.33.